The van der Waals surface area contributed by atoms with Gasteiger partial charge in [0.15, 0.2) is 0 Å². The summed E-state index contributed by atoms with van der Waals surface area (Å²) in [5, 5.41) is 2.16. The van der Waals surface area contributed by atoms with Crippen molar-refractivity contribution in [3.8, 4) is 0 Å². The maximum Gasteiger partial charge on any atom is 0.0794 e. The highest BCUT2D eigenvalue weighted by Crippen LogP contribution is 2.40. The van der Waals surface area contributed by atoms with Gasteiger partial charge in [-0.3, -0.25) is 0 Å². The van der Waals surface area contributed by atoms with Crippen molar-refractivity contribution < 1.29 is 0 Å². The molecule has 1 aromatic heterocycles. The molecule has 0 amide bonds. The van der Waals surface area contributed by atoms with Crippen LogP contribution in [0.2, 0.25) is 0 Å². The Hall–Kier alpha value is -0.410. The standard InChI is InChI=1S/C12H20N2S/c1-10-3-2-4-12(5-10,8-13)6-11-7-15-9-14-11/h7,9-10H,2-6,8,13H2,1H3. The Bertz CT molecular complexity index is 297. The van der Waals surface area contributed by atoms with Crippen LogP contribution in [0, 0.1) is 11.3 Å². The molecule has 2 N–H and O–H groups in total. The minimum atomic E-state index is 0.339. The first-order chi connectivity index (χ1) is 7.24. The van der Waals surface area contributed by atoms with E-state index in [9.17, 15) is 0 Å². The lowest BCUT2D eigenvalue weighted by atomic mass is 9.68. The highest BCUT2D eigenvalue weighted by atomic mass is 32.1. The van der Waals surface area contributed by atoms with Gasteiger partial charge in [0.05, 0.1) is 11.2 Å². The molecule has 2 unspecified atom stereocenters. The van der Waals surface area contributed by atoms with E-state index < -0.39 is 0 Å². The minimum absolute atomic E-state index is 0.339. The van der Waals surface area contributed by atoms with Gasteiger partial charge in [-0.05, 0) is 37.1 Å². The zero-order valence-corrected chi connectivity index (χ0v) is 10.2. The molecule has 15 heavy (non-hydrogen) atoms. The fourth-order valence-corrected chi connectivity index (χ4v) is 3.45. The Kier molecular flexibility index (Phi) is 3.42. The fraction of sp³-hybridized carbons (Fsp3) is 0.750. The molecule has 84 valence electrons. The third-order valence-electron chi connectivity index (χ3n) is 3.66. The van der Waals surface area contributed by atoms with Crippen molar-refractivity contribution in [1.29, 1.82) is 0 Å². The number of nitrogens with zero attached hydrogens (tertiary/aromatic N) is 1. The predicted octanol–water partition coefficient (Wildman–Crippen LogP) is 2.84. The van der Waals surface area contributed by atoms with E-state index in [0.29, 0.717) is 5.41 Å². The number of hydrogen-bond acceptors (Lipinski definition) is 3. The predicted molar refractivity (Wildman–Crippen MR) is 64.9 cm³/mol. The molecule has 1 aromatic rings. The van der Waals surface area contributed by atoms with Gasteiger partial charge in [0.1, 0.15) is 0 Å². The molecule has 3 heteroatoms. The van der Waals surface area contributed by atoms with E-state index in [2.05, 4.69) is 17.3 Å². The van der Waals surface area contributed by atoms with Crippen LogP contribution in [0.1, 0.15) is 38.3 Å². The van der Waals surface area contributed by atoms with Crippen LogP contribution in [0.4, 0.5) is 0 Å². The molecule has 2 nitrogen and oxygen atoms in total. The third-order valence-corrected chi connectivity index (χ3v) is 4.29. The maximum atomic E-state index is 5.99. The molecule has 2 rings (SSSR count). The molecule has 1 aliphatic rings. The first-order valence-electron chi connectivity index (χ1n) is 5.81. The van der Waals surface area contributed by atoms with E-state index in [4.69, 9.17) is 5.73 Å². The van der Waals surface area contributed by atoms with Crippen LogP contribution in [-0.4, -0.2) is 11.5 Å². The molecule has 0 radical (unpaired) electrons. The van der Waals surface area contributed by atoms with Gasteiger partial charge in [0, 0.05) is 5.38 Å². The third kappa shape index (κ3) is 2.58. The summed E-state index contributed by atoms with van der Waals surface area (Å²) in [4.78, 5) is 4.39. The van der Waals surface area contributed by atoms with Crippen molar-refractivity contribution in [2.45, 2.75) is 39.0 Å². The van der Waals surface area contributed by atoms with Gasteiger partial charge in [0.2, 0.25) is 0 Å². The number of nitrogens with two attached hydrogens (primary N) is 1. The number of thiazole rings is 1. The summed E-state index contributed by atoms with van der Waals surface area (Å²) >= 11 is 1.69. The van der Waals surface area contributed by atoms with Gasteiger partial charge >= 0.3 is 0 Å². The minimum Gasteiger partial charge on any atom is -0.330 e. The van der Waals surface area contributed by atoms with Crippen molar-refractivity contribution >= 4 is 11.3 Å². The molecule has 0 spiro atoms. The summed E-state index contributed by atoms with van der Waals surface area (Å²) < 4.78 is 0. The molecule has 1 saturated carbocycles. The molecular formula is C12H20N2S. The van der Waals surface area contributed by atoms with E-state index in [1.165, 1.54) is 31.4 Å². The Balaban J connectivity index is 2.07. The van der Waals surface area contributed by atoms with Crippen LogP contribution < -0.4 is 5.73 Å². The van der Waals surface area contributed by atoms with Gasteiger partial charge in [-0.1, -0.05) is 19.8 Å². The van der Waals surface area contributed by atoms with Crippen molar-refractivity contribution in [3.63, 3.8) is 0 Å². The number of hydrogen-bond donors (Lipinski definition) is 1. The Morgan fingerprint density at radius 3 is 3.13 bits per heavy atom. The molecular weight excluding hydrogens is 204 g/mol. The molecule has 0 bridgehead atoms. The molecule has 1 aliphatic carbocycles. The van der Waals surface area contributed by atoms with E-state index in [1.807, 2.05) is 5.51 Å². The van der Waals surface area contributed by atoms with Gasteiger partial charge in [0.25, 0.3) is 0 Å². The normalized spacial score (nSPS) is 31.7. The average molecular weight is 224 g/mol. The highest BCUT2D eigenvalue weighted by molar-refractivity contribution is 7.07. The SMILES string of the molecule is CC1CCCC(CN)(Cc2cscn2)C1. The summed E-state index contributed by atoms with van der Waals surface area (Å²) in [5.74, 6) is 0.834. The van der Waals surface area contributed by atoms with Crippen LogP contribution in [0.25, 0.3) is 0 Å². The molecule has 1 fully saturated rings. The van der Waals surface area contributed by atoms with Gasteiger partial charge < -0.3 is 5.73 Å². The van der Waals surface area contributed by atoms with E-state index in [-0.39, 0.29) is 0 Å². The number of rotatable bonds is 3. The van der Waals surface area contributed by atoms with Crippen LogP contribution >= 0.6 is 11.3 Å². The Morgan fingerprint density at radius 1 is 1.67 bits per heavy atom. The second-order valence-corrected chi connectivity index (χ2v) is 5.78. The average Bonchev–Trinajstić information content (AvgIpc) is 2.70. The lowest BCUT2D eigenvalue weighted by Gasteiger charge is -2.39. The van der Waals surface area contributed by atoms with Gasteiger partial charge in [-0.25, -0.2) is 4.98 Å². The monoisotopic (exact) mass is 224 g/mol. The molecule has 0 aliphatic heterocycles. The number of aromatic nitrogens is 1. The molecule has 1 heterocycles. The summed E-state index contributed by atoms with van der Waals surface area (Å²) in [5.41, 5.74) is 9.49. The van der Waals surface area contributed by atoms with Crippen LogP contribution in [-0.2, 0) is 6.42 Å². The maximum absolute atomic E-state index is 5.99. The lowest BCUT2D eigenvalue weighted by Crippen LogP contribution is -2.37. The highest BCUT2D eigenvalue weighted by Gasteiger charge is 2.34. The Labute approximate surface area is 95.9 Å². The molecule has 2 atom stereocenters. The van der Waals surface area contributed by atoms with Crippen molar-refractivity contribution in [2.24, 2.45) is 17.1 Å². The Morgan fingerprint density at radius 2 is 2.53 bits per heavy atom. The van der Waals surface area contributed by atoms with Crippen LogP contribution in [0.15, 0.2) is 10.9 Å². The van der Waals surface area contributed by atoms with Crippen molar-refractivity contribution in [3.05, 3.63) is 16.6 Å². The van der Waals surface area contributed by atoms with Crippen LogP contribution in [0.5, 0.6) is 0 Å². The van der Waals surface area contributed by atoms with E-state index in [1.54, 1.807) is 11.3 Å². The fourth-order valence-electron chi connectivity index (χ4n) is 2.90. The first-order valence-corrected chi connectivity index (χ1v) is 6.75. The zero-order chi connectivity index (χ0) is 10.7. The summed E-state index contributed by atoms with van der Waals surface area (Å²) in [6, 6.07) is 0. The summed E-state index contributed by atoms with van der Waals surface area (Å²) in [6.07, 6.45) is 6.35. The largest absolute Gasteiger partial charge is 0.330 e. The first kappa shape index (κ1) is 11.1. The molecule has 0 saturated heterocycles. The van der Waals surface area contributed by atoms with Crippen molar-refractivity contribution in [2.75, 3.05) is 6.54 Å². The summed E-state index contributed by atoms with van der Waals surface area (Å²) in [6.45, 7) is 3.17. The zero-order valence-electron chi connectivity index (χ0n) is 9.41. The van der Waals surface area contributed by atoms with E-state index >= 15 is 0 Å². The van der Waals surface area contributed by atoms with Gasteiger partial charge in [-0.2, -0.15) is 0 Å². The summed E-state index contributed by atoms with van der Waals surface area (Å²) in [7, 11) is 0. The quantitative estimate of drug-likeness (QED) is 0.857. The van der Waals surface area contributed by atoms with Gasteiger partial charge in [-0.15, -0.1) is 11.3 Å². The smallest absolute Gasteiger partial charge is 0.0794 e. The topological polar surface area (TPSA) is 38.9 Å². The molecule has 0 aromatic carbocycles. The van der Waals surface area contributed by atoms with Crippen molar-refractivity contribution in [1.82, 2.24) is 4.98 Å². The van der Waals surface area contributed by atoms with E-state index in [0.717, 1.165) is 18.9 Å². The second kappa shape index (κ2) is 4.62. The lowest BCUT2D eigenvalue weighted by molar-refractivity contribution is 0.152. The van der Waals surface area contributed by atoms with Crippen LogP contribution in [0.3, 0.4) is 0 Å². The second-order valence-electron chi connectivity index (χ2n) is 5.06.